The van der Waals surface area contributed by atoms with Crippen LogP contribution >= 0.6 is 11.3 Å². The lowest BCUT2D eigenvalue weighted by atomic mass is 9.70. The number of nitrogens with one attached hydrogen (secondary N) is 1. The number of hydrogen-bond donors (Lipinski definition) is 1. The van der Waals surface area contributed by atoms with Crippen molar-refractivity contribution in [2.75, 3.05) is 20.6 Å². The zero-order valence-electron chi connectivity index (χ0n) is 12.8. The van der Waals surface area contributed by atoms with Crippen molar-refractivity contribution in [3.63, 3.8) is 0 Å². The maximum Gasteiger partial charge on any atom is 0.0324 e. The zero-order chi connectivity index (χ0) is 13.9. The Balaban J connectivity index is 1.91. The van der Waals surface area contributed by atoms with E-state index in [0.717, 1.165) is 12.5 Å². The molecule has 0 amide bonds. The number of rotatable bonds is 5. The van der Waals surface area contributed by atoms with Crippen molar-refractivity contribution in [1.82, 2.24) is 10.2 Å². The number of thiophene rings is 1. The van der Waals surface area contributed by atoms with Crippen LogP contribution in [0.2, 0.25) is 0 Å². The molecule has 2 atom stereocenters. The number of nitrogens with zero attached hydrogens (tertiary/aromatic N) is 1. The SMILES string of the molecule is CNC1CCC(C)(C)CC1CN(C)Cc1cccs1. The van der Waals surface area contributed by atoms with Crippen LogP contribution in [0.15, 0.2) is 17.5 Å². The summed E-state index contributed by atoms with van der Waals surface area (Å²) >= 11 is 1.86. The predicted molar refractivity (Wildman–Crippen MR) is 84.6 cm³/mol. The van der Waals surface area contributed by atoms with E-state index in [0.29, 0.717) is 11.5 Å². The van der Waals surface area contributed by atoms with Gasteiger partial charge in [0.1, 0.15) is 0 Å². The first-order valence-corrected chi connectivity index (χ1v) is 8.26. The summed E-state index contributed by atoms with van der Waals surface area (Å²) in [6, 6.07) is 5.08. The Hall–Kier alpha value is -0.380. The first-order valence-electron chi connectivity index (χ1n) is 7.38. The van der Waals surface area contributed by atoms with Gasteiger partial charge in [-0.05, 0) is 56.1 Å². The van der Waals surface area contributed by atoms with E-state index in [1.807, 2.05) is 11.3 Å². The second kappa shape index (κ2) is 6.38. The molecule has 1 aliphatic rings. The Bertz CT molecular complexity index is 372. The first kappa shape index (κ1) is 15.0. The second-order valence-electron chi connectivity index (χ2n) is 6.84. The molecule has 1 aromatic heterocycles. The monoisotopic (exact) mass is 280 g/mol. The van der Waals surface area contributed by atoms with Crippen molar-refractivity contribution >= 4 is 11.3 Å². The minimum absolute atomic E-state index is 0.516. The molecule has 1 aliphatic carbocycles. The van der Waals surface area contributed by atoms with Crippen LogP contribution in [-0.4, -0.2) is 31.6 Å². The second-order valence-corrected chi connectivity index (χ2v) is 7.87. The Morgan fingerprint density at radius 3 is 2.89 bits per heavy atom. The lowest BCUT2D eigenvalue weighted by Gasteiger charge is -2.42. The van der Waals surface area contributed by atoms with E-state index < -0.39 is 0 Å². The van der Waals surface area contributed by atoms with Crippen LogP contribution in [0, 0.1) is 11.3 Å². The highest BCUT2D eigenvalue weighted by Gasteiger charge is 2.34. The highest BCUT2D eigenvalue weighted by atomic mass is 32.1. The van der Waals surface area contributed by atoms with Crippen LogP contribution < -0.4 is 5.32 Å². The smallest absolute Gasteiger partial charge is 0.0324 e. The molecule has 0 aromatic carbocycles. The minimum atomic E-state index is 0.516. The average Bonchev–Trinajstić information content (AvgIpc) is 2.81. The lowest BCUT2D eigenvalue weighted by Crippen LogP contribution is -2.45. The summed E-state index contributed by atoms with van der Waals surface area (Å²) in [4.78, 5) is 3.96. The van der Waals surface area contributed by atoms with E-state index in [9.17, 15) is 0 Å². The third-order valence-corrected chi connectivity index (χ3v) is 5.30. The molecular weight excluding hydrogens is 252 g/mol. The Labute approximate surface area is 122 Å². The molecule has 2 rings (SSSR count). The molecule has 3 heteroatoms. The molecule has 19 heavy (non-hydrogen) atoms. The van der Waals surface area contributed by atoms with Gasteiger partial charge in [0.15, 0.2) is 0 Å². The molecule has 2 unspecified atom stereocenters. The van der Waals surface area contributed by atoms with E-state index in [4.69, 9.17) is 0 Å². The van der Waals surface area contributed by atoms with E-state index in [1.54, 1.807) is 0 Å². The summed E-state index contributed by atoms with van der Waals surface area (Å²) in [6.45, 7) is 7.13. The maximum absolute atomic E-state index is 3.53. The molecule has 1 aromatic rings. The van der Waals surface area contributed by atoms with Crippen molar-refractivity contribution in [1.29, 1.82) is 0 Å². The van der Waals surface area contributed by atoms with Gasteiger partial charge in [0.25, 0.3) is 0 Å². The molecule has 0 radical (unpaired) electrons. The topological polar surface area (TPSA) is 15.3 Å². The minimum Gasteiger partial charge on any atom is -0.317 e. The molecule has 0 saturated heterocycles. The van der Waals surface area contributed by atoms with Crippen molar-refractivity contribution in [3.8, 4) is 0 Å². The van der Waals surface area contributed by atoms with Crippen LogP contribution in [0.5, 0.6) is 0 Å². The van der Waals surface area contributed by atoms with Gasteiger partial charge < -0.3 is 10.2 Å². The molecule has 1 saturated carbocycles. The quantitative estimate of drug-likeness (QED) is 0.886. The fourth-order valence-electron chi connectivity index (χ4n) is 3.44. The highest BCUT2D eigenvalue weighted by molar-refractivity contribution is 7.09. The van der Waals surface area contributed by atoms with E-state index in [1.165, 1.54) is 30.7 Å². The average molecular weight is 280 g/mol. The molecular formula is C16H28N2S. The fourth-order valence-corrected chi connectivity index (χ4v) is 4.23. The number of hydrogen-bond acceptors (Lipinski definition) is 3. The van der Waals surface area contributed by atoms with Gasteiger partial charge in [0.05, 0.1) is 0 Å². The van der Waals surface area contributed by atoms with E-state index in [-0.39, 0.29) is 0 Å². The summed E-state index contributed by atoms with van der Waals surface area (Å²) in [5.41, 5.74) is 0.516. The Morgan fingerprint density at radius 2 is 2.26 bits per heavy atom. The van der Waals surface area contributed by atoms with Crippen LogP contribution in [0.3, 0.4) is 0 Å². The van der Waals surface area contributed by atoms with Gasteiger partial charge in [-0.1, -0.05) is 19.9 Å². The molecule has 108 valence electrons. The van der Waals surface area contributed by atoms with Gasteiger partial charge in [-0.2, -0.15) is 0 Å². The molecule has 0 bridgehead atoms. The molecule has 0 spiro atoms. The van der Waals surface area contributed by atoms with E-state index >= 15 is 0 Å². The van der Waals surface area contributed by atoms with Crippen LogP contribution in [-0.2, 0) is 6.54 Å². The summed E-state index contributed by atoms with van der Waals surface area (Å²) in [6.07, 6.45) is 4.01. The first-order chi connectivity index (χ1) is 9.00. The van der Waals surface area contributed by atoms with Crippen molar-refractivity contribution < 1.29 is 0 Å². The van der Waals surface area contributed by atoms with Gasteiger partial charge in [0.2, 0.25) is 0 Å². The van der Waals surface area contributed by atoms with Crippen LogP contribution in [0.25, 0.3) is 0 Å². The maximum atomic E-state index is 3.53. The van der Waals surface area contributed by atoms with Gasteiger partial charge in [0, 0.05) is 24.0 Å². The Kier molecular flexibility index (Phi) is 5.04. The molecule has 0 aliphatic heterocycles. The van der Waals surface area contributed by atoms with Crippen LogP contribution in [0.1, 0.15) is 38.0 Å². The fraction of sp³-hybridized carbons (Fsp3) is 0.750. The van der Waals surface area contributed by atoms with Gasteiger partial charge in [-0.15, -0.1) is 11.3 Å². The summed E-state index contributed by atoms with van der Waals surface area (Å²) in [7, 11) is 4.38. The van der Waals surface area contributed by atoms with E-state index in [2.05, 4.69) is 55.7 Å². The van der Waals surface area contributed by atoms with Gasteiger partial charge >= 0.3 is 0 Å². The lowest BCUT2D eigenvalue weighted by molar-refractivity contribution is 0.110. The molecule has 1 heterocycles. The van der Waals surface area contributed by atoms with Gasteiger partial charge in [-0.25, -0.2) is 0 Å². The standard InChI is InChI=1S/C16H28N2S/c1-16(2)8-7-15(17-3)13(10-16)11-18(4)12-14-6-5-9-19-14/h5-6,9,13,15,17H,7-8,10-12H2,1-4H3. The normalized spacial score (nSPS) is 26.8. The van der Waals surface area contributed by atoms with Crippen molar-refractivity contribution in [2.24, 2.45) is 11.3 Å². The predicted octanol–water partition coefficient (Wildman–Crippen LogP) is 3.59. The summed E-state index contributed by atoms with van der Waals surface area (Å²) < 4.78 is 0. The third kappa shape index (κ3) is 4.30. The Morgan fingerprint density at radius 1 is 1.47 bits per heavy atom. The molecule has 1 N–H and O–H groups in total. The van der Waals surface area contributed by atoms with Gasteiger partial charge in [-0.3, -0.25) is 0 Å². The largest absolute Gasteiger partial charge is 0.317 e. The van der Waals surface area contributed by atoms with Crippen molar-refractivity contribution in [2.45, 2.75) is 45.7 Å². The zero-order valence-corrected chi connectivity index (χ0v) is 13.6. The molecule has 1 fully saturated rings. The molecule has 2 nitrogen and oxygen atoms in total. The third-order valence-electron chi connectivity index (χ3n) is 4.44. The van der Waals surface area contributed by atoms with Crippen LogP contribution in [0.4, 0.5) is 0 Å². The highest BCUT2D eigenvalue weighted by Crippen LogP contribution is 2.39. The van der Waals surface area contributed by atoms with Crippen molar-refractivity contribution in [3.05, 3.63) is 22.4 Å². The summed E-state index contributed by atoms with van der Waals surface area (Å²) in [5.74, 6) is 0.777. The summed E-state index contributed by atoms with van der Waals surface area (Å²) in [5, 5.41) is 5.70.